The molecule has 2 aromatic heterocycles. The lowest BCUT2D eigenvalue weighted by Gasteiger charge is -2.18. The quantitative estimate of drug-likeness (QED) is 0.732. The number of carbonyl (C=O) groups excluding carboxylic acids is 1. The van der Waals surface area contributed by atoms with Gasteiger partial charge in [0.15, 0.2) is 0 Å². The van der Waals surface area contributed by atoms with E-state index in [1.54, 1.807) is 23.6 Å². The zero-order valence-corrected chi connectivity index (χ0v) is 17.0. The van der Waals surface area contributed by atoms with Gasteiger partial charge in [-0.3, -0.25) is 4.79 Å². The third kappa shape index (κ3) is 3.24. The van der Waals surface area contributed by atoms with Crippen molar-refractivity contribution in [1.29, 1.82) is 0 Å². The third-order valence-corrected chi connectivity index (χ3v) is 5.84. The Kier molecular flexibility index (Phi) is 4.80. The number of amides is 1. The monoisotopic (exact) mass is 395 g/mol. The van der Waals surface area contributed by atoms with Crippen LogP contribution in [0.2, 0.25) is 0 Å². The number of nitrogens with one attached hydrogen (secondary N) is 1. The summed E-state index contributed by atoms with van der Waals surface area (Å²) in [6.45, 7) is 5.77. The maximum absolute atomic E-state index is 12.5. The molecule has 1 aromatic carbocycles. The molecule has 0 saturated carbocycles. The van der Waals surface area contributed by atoms with Gasteiger partial charge in [0.1, 0.15) is 11.6 Å². The van der Waals surface area contributed by atoms with E-state index in [0.29, 0.717) is 17.5 Å². The van der Waals surface area contributed by atoms with E-state index in [4.69, 9.17) is 4.74 Å². The highest BCUT2D eigenvalue weighted by Crippen LogP contribution is 2.46. The summed E-state index contributed by atoms with van der Waals surface area (Å²) in [4.78, 5) is 21.5. The topological polar surface area (TPSA) is 81.9 Å². The summed E-state index contributed by atoms with van der Waals surface area (Å²) in [6, 6.07) is 9.78. The predicted octanol–water partition coefficient (Wildman–Crippen LogP) is 3.37. The lowest BCUT2D eigenvalue weighted by Crippen LogP contribution is -2.17. The average molecular weight is 395 g/mol. The Hall–Kier alpha value is -2.87. The van der Waals surface area contributed by atoms with Gasteiger partial charge in [-0.25, -0.2) is 9.97 Å². The number of ether oxygens (including phenoxy) is 1. The molecular weight excluding hydrogens is 374 g/mol. The minimum atomic E-state index is -0.0928. The molecule has 144 valence electrons. The predicted molar refractivity (Wildman–Crippen MR) is 109 cm³/mol. The average Bonchev–Trinajstić information content (AvgIpc) is 2.87. The Labute approximate surface area is 167 Å². The molecule has 0 radical (unpaired) electrons. The van der Waals surface area contributed by atoms with E-state index in [0.717, 1.165) is 34.0 Å². The van der Waals surface area contributed by atoms with Gasteiger partial charge >= 0.3 is 0 Å². The number of fused-ring (bicyclic) bond motifs is 1. The van der Waals surface area contributed by atoms with Crippen LogP contribution in [-0.2, 0) is 4.79 Å². The molecule has 0 saturated heterocycles. The van der Waals surface area contributed by atoms with Crippen molar-refractivity contribution in [2.45, 2.75) is 26.0 Å². The summed E-state index contributed by atoms with van der Waals surface area (Å²) in [6.07, 6.45) is 0. The van der Waals surface area contributed by atoms with Crippen LogP contribution < -0.4 is 10.1 Å². The number of benzene rings is 1. The Bertz CT molecular complexity index is 1040. The Morgan fingerprint density at radius 1 is 1.18 bits per heavy atom. The van der Waals surface area contributed by atoms with Crippen molar-refractivity contribution in [2.24, 2.45) is 0 Å². The first kappa shape index (κ1) is 18.5. The molecule has 1 aliphatic rings. The number of carbonyl (C=O) groups is 1. The first-order valence-electron chi connectivity index (χ1n) is 8.94. The molecule has 0 spiro atoms. The van der Waals surface area contributed by atoms with Crippen LogP contribution in [0.3, 0.4) is 0 Å². The molecule has 1 N–H and O–H groups in total. The van der Waals surface area contributed by atoms with Crippen LogP contribution in [0.5, 0.6) is 5.75 Å². The second-order valence-electron chi connectivity index (χ2n) is 6.69. The SMILES string of the molecule is COc1ccccc1[C@H]1SCC(=O)Nc2c1c(C)nn2-c1nc(C)cc(C)n1. The molecule has 0 bridgehead atoms. The van der Waals surface area contributed by atoms with Gasteiger partial charge < -0.3 is 10.1 Å². The van der Waals surface area contributed by atoms with E-state index in [1.807, 2.05) is 51.1 Å². The van der Waals surface area contributed by atoms with Crippen LogP contribution in [0.4, 0.5) is 5.82 Å². The maximum Gasteiger partial charge on any atom is 0.252 e. The maximum atomic E-state index is 12.5. The number of aromatic nitrogens is 4. The molecule has 1 atom stereocenters. The number of hydrogen-bond donors (Lipinski definition) is 1. The van der Waals surface area contributed by atoms with Crippen LogP contribution in [-0.4, -0.2) is 38.5 Å². The van der Waals surface area contributed by atoms with E-state index in [2.05, 4.69) is 20.4 Å². The molecule has 28 heavy (non-hydrogen) atoms. The molecular formula is C20H21N5O2S. The van der Waals surface area contributed by atoms with Crippen molar-refractivity contribution in [1.82, 2.24) is 19.7 Å². The lowest BCUT2D eigenvalue weighted by molar-refractivity contribution is -0.113. The normalized spacial score (nSPS) is 16.3. The number of anilines is 1. The summed E-state index contributed by atoms with van der Waals surface area (Å²) >= 11 is 1.56. The Morgan fingerprint density at radius 2 is 1.89 bits per heavy atom. The Balaban J connectivity index is 1.93. The minimum absolute atomic E-state index is 0.0748. The Morgan fingerprint density at radius 3 is 2.61 bits per heavy atom. The first-order valence-corrected chi connectivity index (χ1v) is 9.99. The van der Waals surface area contributed by atoms with Crippen LogP contribution in [0, 0.1) is 20.8 Å². The fourth-order valence-corrected chi connectivity index (χ4v) is 4.67. The molecule has 0 aliphatic carbocycles. The minimum Gasteiger partial charge on any atom is -0.496 e. The molecule has 3 heterocycles. The van der Waals surface area contributed by atoms with Crippen molar-refractivity contribution < 1.29 is 9.53 Å². The highest BCUT2D eigenvalue weighted by Gasteiger charge is 2.32. The van der Waals surface area contributed by atoms with Gasteiger partial charge in [-0.1, -0.05) is 18.2 Å². The smallest absolute Gasteiger partial charge is 0.252 e. The van der Waals surface area contributed by atoms with Crippen LogP contribution in [0.25, 0.3) is 5.95 Å². The lowest BCUT2D eigenvalue weighted by atomic mass is 10.0. The highest BCUT2D eigenvalue weighted by atomic mass is 32.2. The summed E-state index contributed by atoms with van der Waals surface area (Å²) in [5.41, 5.74) is 4.48. The van der Waals surface area contributed by atoms with Gasteiger partial charge in [0.25, 0.3) is 5.95 Å². The van der Waals surface area contributed by atoms with Crippen molar-refractivity contribution in [3.05, 3.63) is 58.5 Å². The number of aryl methyl sites for hydroxylation is 3. The van der Waals surface area contributed by atoms with E-state index in [1.165, 1.54) is 0 Å². The molecule has 0 fully saturated rings. The summed E-state index contributed by atoms with van der Waals surface area (Å²) in [7, 11) is 1.66. The number of methoxy groups -OCH3 is 1. The van der Waals surface area contributed by atoms with Gasteiger partial charge in [0, 0.05) is 22.5 Å². The van der Waals surface area contributed by atoms with Gasteiger partial charge in [0.05, 0.1) is 23.8 Å². The van der Waals surface area contributed by atoms with Gasteiger partial charge in [-0.05, 0) is 32.9 Å². The van der Waals surface area contributed by atoms with E-state index in [9.17, 15) is 4.79 Å². The van der Waals surface area contributed by atoms with Crippen LogP contribution in [0.1, 0.15) is 33.5 Å². The van der Waals surface area contributed by atoms with Gasteiger partial charge in [-0.2, -0.15) is 9.78 Å². The fourth-order valence-electron chi connectivity index (χ4n) is 3.46. The van der Waals surface area contributed by atoms with E-state index in [-0.39, 0.29) is 11.2 Å². The highest BCUT2D eigenvalue weighted by molar-refractivity contribution is 8.00. The zero-order valence-electron chi connectivity index (χ0n) is 16.2. The van der Waals surface area contributed by atoms with Crippen molar-refractivity contribution >= 4 is 23.5 Å². The summed E-state index contributed by atoms with van der Waals surface area (Å²) < 4.78 is 7.21. The molecule has 7 nitrogen and oxygen atoms in total. The number of rotatable bonds is 3. The summed E-state index contributed by atoms with van der Waals surface area (Å²) in [5, 5.41) is 7.59. The largest absolute Gasteiger partial charge is 0.496 e. The van der Waals surface area contributed by atoms with Crippen molar-refractivity contribution in [3.8, 4) is 11.7 Å². The van der Waals surface area contributed by atoms with E-state index >= 15 is 0 Å². The number of hydrogen-bond acceptors (Lipinski definition) is 6. The number of thioether (sulfide) groups is 1. The second kappa shape index (κ2) is 7.27. The molecule has 1 amide bonds. The fraction of sp³-hybridized carbons (Fsp3) is 0.300. The standard InChI is InChI=1S/C20H21N5O2S/c1-11-9-12(2)22-20(21-11)25-19-17(13(3)24-25)18(28-10-16(26)23-19)14-7-5-6-8-15(14)27-4/h5-9,18H,10H2,1-4H3,(H,23,26)/t18-/m1/s1. The molecule has 4 rings (SSSR count). The summed E-state index contributed by atoms with van der Waals surface area (Å²) in [5.74, 6) is 2.12. The van der Waals surface area contributed by atoms with Gasteiger partial charge in [-0.15, -0.1) is 11.8 Å². The van der Waals surface area contributed by atoms with Crippen molar-refractivity contribution in [2.75, 3.05) is 18.2 Å². The third-order valence-electron chi connectivity index (χ3n) is 4.59. The van der Waals surface area contributed by atoms with Crippen molar-refractivity contribution in [3.63, 3.8) is 0 Å². The second-order valence-corrected chi connectivity index (χ2v) is 7.78. The first-order chi connectivity index (χ1) is 13.5. The molecule has 3 aromatic rings. The number of nitrogens with zero attached hydrogens (tertiary/aromatic N) is 4. The van der Waals surface area contributed by atoms with Crippen LogP contribution in [0.15, 0.2) is 30.3 Å². The van der Waals surface area contributed by atoms with Gasteiger partial charge in [0.2, 0.25) is 5.91 Å². The zero-order chi connectivity index (χ0) is 19.8. The molecule has 8 heteroatoms. The van der Waals surface area contributed by atoms with Crippen LogP contribution >= 0.6 is 11.8 Å². The van der Waals surface area contributed by atoms with E-state index < -0.39 is 0 Å². The molecule has 1 aliphatic heterocycles. The molecule has 0 unspecified atom stereocenters. The number of para-hydroxylation sites is 1.